The lowest BCUT2D eigenvalue weighted by Crippen LogP contribution is -2.13. The zero-order valence-corrected chi connectivity index (χ0v) is 17.0. The van der Waals surface area contributed by atoms with Gasteiger partial charge in [0.1, 0.15) is 10.8 Å². The molecule has 1 heterocycles. The molecule has 0 saturated heterocycles. The van der Waals surface area contributed by atoms with E-state index >= 15 is 0 Å². The average Bonchev–Trinajstić information content (AvgIpc) is 3.11. The predicted molar refractivity (Wildman–Crippen MR) is 115 cm³/mol. The number of nitrogens with zero attached hydrogens (tertiary/aromatic N) is 1. The molecule has 2 aromatic carbocycles. The molecular formula is C23H28N2OS. The van der Waals surface area contributed by atoms with E-state index in [0.717, 1.165) is 47.1 Å². The first kappa shape index (κ1) is 19.6. The maximum absolute atomic E-state index is 9.90. The summed E-state index contributed by atoms with van der Waals surface area (Å²) in [6, 6.07) is 16.2. The predicted octanol–water partition coefficient (Wildman–Crippen LogP) is 6.02. The first-order valence-electron chi connectivity index (χ1n) is 9.80. The van der Waals surface area contributed by atoms with Gasteiger partial charge < -0.3 is 10.4 Å². The van der Waals surface area contributed by atoms with Crippen molar-refractivity contribution in [2.75, 3.05) is 6.54 Å². The summed E-state index contributed by atoms with van der Waals surface area (Å²) >= 11 is 1.73. The summed E-state index contributed by atoms with van der Waals surface area (Å²) in [5, 5.41) is 14.4. The zero-order valence-electron chi connectivity index (χ0n) is 16.2. The highest BCUT2D eigenvalue weighted by Crippen LogP contribution is 2.38. The maximum Gasteiger partial charge on any atom is 0.116 e. The Kier molecular flexibility index (Phi) is 7.02. The smallest absolute Gasteiger partial charge is 0.116 e. The Hall–Kier alpha value is -2.17. The summed E-state index contributed by atoms with van der Waals surface area (Å²) in [6.45, 7) is 6.15. The molecule has 142 valence electrons. The Labute approximate surface area is 166 Å². The van der Waals surface area contributed by atoms with Gasteiger partial charge in [-0.25, -0.2) is 4.98 Å². The number of hydrogen-bond donors (Lipinski definition) is 2. The number of thiazole rings is 1. The van der Waals surface area contributed by atoms with Crippen LogP contribution in [0.5, 0.6) is 5.75 Å². The highest BCUT2D eigenvalue weighted by atomic mass is 32.1. The van der Waals surface area contributed by atoms with Crippen molar-refractivity contribution in [3.8, 4) is 27.4 Å². The Morgan fingerprint density at radius 3 is 2.52 bits per heavy atom. The van der Waals surface area contributed by atoms with E-state index in [0.29, 0.717) is 0 Å². The van der Waals surface area contributed by atoms with E-state index in [2.05, 4.69) is 43.4 Å². The Bertz CT molecular complexity index is 855. The van der Waals surface area contributed by atoms with Crippen molar-refractivity contribution in [3.63, 3.8) is 0 Å². The molecule has 0 unspecified atom stereocenters. The van der Waals surface area contributed by atoms with Gasteiger partial charge in [-0.3, -0.25) is 0 Å². The largest absolute Gasteiger partial charge is 0.508 e. The molecule has 0 spiro atoms. The van der Waals surface area contributed by atoms with Crippen LogP contribution in [0.25, 0.3) is 21.7 Å². The van der Waals surface area contributed by atoms with Crippen LogP contribution in [0.2, 0.25) is 0 Å². The van der Waals surface area contributed by atoms with E-state index in [1.807, 2.05) is 12.1 Å². The van der Waals surface area contributed by atoms with Gasteiger partial charge in [0.15, 0.2) is 0 Å². The van der Waals surface area contributed by atoms with Crippen molar-refractivity contribution in [2.45, 2.75) is 46.1 Å². The number of aromatic nitrogens is 1. The van der Waals surface area contributed by atoms with Gasteiger partial charge >= 0.3 is 0 Å². The number of rotatable bonds is 9. The minimum atomic E-state index is 0.270. The lowest BCUT2D eigenvalue weighted by molar-refractivity contribution is 0.475. The van der Waals surface area contributed by atoms with Gasteiger partial charge in [-0.05, 0) is 49.1 Å². The number of phenolic OH excluding ortho intramolecular Hbond substituents is 1. The molecule has 4 heteroatoms. The van der Waals surface area contributed by atoms with Crippen LogP contribution in [0.4, 0.5) is 0 Å². The number of phenols is 1. The number of nitrogens with one attached hydrogen (secondary N) is 1. The second-order valence-corrected chi connectivity index (χ2v) is 7.90. The van der Waals surface area contributed by atoms with Gasteiger partial charge in [0.25, 0.3) is 0 Å². The normalized spacial score (nSPS) is 11.0. The highest BCUT2D eigenvalue weighted by Gasteiger charge is 2.15. The molecule has 0 fully saturated rings. The van der Waals surface area contributed by atoms with E-state index in [-0.39, 0.29) is 5.75 Å². The lowest BCUT2D eigenvalue weighted by atomic mass is 10.0. The molecule has 2 N–H and O–H groups in total. The van der Waals surface area contributed by atoms with Crippen molar-refractivity contribution in [2.24, 2.45) is 0 Å². The van der Waals surface area contributed by atoms with Crippen LogP contribution in [-0.4, -0.2) is 16.6 Å². The highest BCUT2D eigenvalue weighted by molar-refractivity contribution is 7.15. The summed E-state index contributed by atoms with van der Waals surface area (Å²) in [5.41, 5.74) is 4.48. The molecule has 0 atom stereocenters. The van der Waals surface area contributed by atoms with Crippen LogP contribution in [0.3, 0.4) is 0 Å². The summed E-state index contributed by atoms with van der Waals surface area (Å²) in [5.74, 6) is 0.270. The van der Waals surface area contributed by atoms with Crippen LogP contribution in [0.1, 0.15) is 43.7 Å². The number of unbranched alkanes of at least 4 members (excludes halogenated alkanes) is 1. The molecule has 3 nitrogen and oxygen atoms in total. The van der Waals surface area contributed by atoms with Crippen LogP contribution in [0.15, 0.2) is 48.5 Å². The summed E-state index contributed by atoms with van der Waals surface area (Å²) in [6.07, 6.45) is 4.68. The molecule has 0 aliphatic heterocycles. The summed E-state index contributed by atoms with van der Waals surface area (Å²) in [7, 11) is 0. The van der Waals surface area contributed by atoms with Gasteiger partial charge in [-0.15, -0.1) is 11.3 Å². The molecule has 0 aliphatic rings. The topological polar surface area (TPSA) is 45.2 Å². The Morgan fingerprint density at radius 1 is 1.00 bits per heavy atom. The van der Waals surface area contributed by atoms with Gasteiger partial charge in [0.2, 0.25) is 0 Å². The molecule has 0 amide bonds. The molecule has 3 rings (SSSR count). The third kappa shape index (κ3) is 5.18. The van der Waals surface area contributed by atoms with Gasteiger partial charge in [-0.1, -0.05) is 56.7 Å². The first-order valence-corrected chi connectivity index (χ1v) is 10.6. The second-order valence-electron chi connectivity index (χ2n) is 6.81. The van der Waals surface area contributed by atoms with E-state index in [9.17, 15) is 5.11 Å². The lowest BCUT2D eigenvalue weighted by Gasteiger charge is -2.05. The maximum atomic E-state index is 9.90. The number of aromatic hydroxyl groups is 1. The number of hydrogen-bond acceptors (Lipinski definition) is 4. The van der Waals surface area contributed by atoms with Gasteiger partial charge in [-0.2, -0.15) is 0 Å². The summed E-state index contributed by atoms with van der Waals surface area (Å²) < 4.78 is 0. The van der Waals surface area contributed by atoms with Crippen molar-refractivity contribution in [1.82, 2.24) is 10.3 Å². The van der Waals surface area contributed by atoms with E-state index < -0.39 is 0 Å². The monoisotopic (exact) mass is 380 g/mol. The van der Waals surface area contributed by atoms with Crippen molar-refractivity contribution in [3.05, 3.63) is 59.1 Å². The molecule has 27 heavy (non-hydrogen) atoms. The second kappa shape index (κ2) is 9.67. The van der Waals surface area contributed by atoms with Crippen molar-refractivity contribution >= 4 is 11.3 Å². The Morgan fingerprint density at radius 2 is 1.81 bits per heavy atom. The fourth-order valence-corrected chi connectivity index (χ4v) is 4.12. The third-order valence-corrected chi connectivity index (χ3v) is 5.63. The molecule has 0 radical (unpaired) electrons. The van der Waals surface area contributed by atoms with E-state index in [1.165, 1.54) is 24.0 Å². The molecule has 1 aromatic heterocycles. The molecule has 0 bridgehead atoms. The number of aryl methyl sites for hydroxylation is 1. The van der Waals surface area contributed by atoms with Crippen molar-refractivity contribution < 1.29 is 5.11 Å². The fraction of sp³-hybridized carbons (Fsp3) is 0.348. The van der Waals surface area contributed by atoms with E-state index in [4.69, 9.17) is 4.98 Å². The quantitative estimate of drug-likeness (QED) is 0.446. The molecule has 0 saturated carbocycles. The SMILES string of the molecule is CCCCc1ccc(-c2sc(CNCCC)nc2-c2cccc(O)c2)cc1. The zero-order chi connectivity index (χ0) is 19.1. The molecule has 3 aromatic rings. The third-order valence-electron chi connectivity index (χ3n) is 4.53. The van der Waals surface area contributed by atoms with Crippen molar-refractivity contribution in [1.29, 1.82) is 0 Å². The van der Waals surface area contributed by atoms with E-state index in [1.54, 1.807) is 23.5 Å². The Balaban J connectivity index is 1.94. The van der Waals surface area contributed by atoms with Gasteiger partial charge in [0.05, 0.1) is 10.6 Å². The van der Waals surface area contributed by atoms with Crippen LogP contribution in [0, 0.1) is 0 Å². The minimum Gasteiger partial charge on any atom is -0.508 e. The molecular weight excluding hydrogens is 352 g/mol. The minimum absolute atomic E-state index is 0.270. The first-order chi connectivity index (χ1) is 13.2. The number of benzene rings is 2. The average molecular weight is 381 g/mol. The van der Waals surface area contributed by atoms with Crippen LogP contribution >= 0.6 is 11.3 Å². The van der Waals surface area contributed by atoms with Crippen LogP contribution in [-0.2, 0) is 13.0 Å². The fourth-order valence-electron chi connectivity index (χ4n) is 3.06. The van der Waals surface area contributed by atoms with Crippen LogP contribution < -0.4 is 5.32 Å². The molecule has 0 aliphatic carbocycles. The standard InChI is InChI=1S/C23H28N2OS/c1-3-5-7-17-10-12-18(13-11-17)23-22(19-8-6-9-20(26)15-19)25-21(27-23)16-24-14-4-2/h6,8-13,15,24,26H,3-5,7,14,16H2,1-2H3. The van der Waals surface area contributed by atoms with Gasteiger partial charge in [0, 0.05) is 12.1 Å². The summed E-state index contributed by atoms with van der Waals surface area (Å²) in [4.78, 5) is 6.05.